The fourth-order valence-corrected chi connectivity index (χ4v) is 2.56. The highest BCUT2D eigenvalue weighted by molar-refractivity contribution is 5.88. The minimum absolute atomic E-state index is 0.0246. The molecular formula is C20H19NO3. The van der Waals surface area contributed by atoms with Crippen LogP contribution in [0.5, 0.6) is 11.5 Å². The van der Waals surface area contributed by atoms with E-state index in [0.717, 1.165) is 22.1 Å². The van der Waals surface area contributed by atoms with Crippen LogP contribution in [0.2, 0.25) is 0 Å². The van der Waals surface area contributed by atoms with Gasteiger partial charge in [0.05, 0.1) is 7.11 Å². The molecule has 0 bridgehead atoms. The van der Waals surface area contributed by atoms with Crippen molar-refractivity contribution in [3.63, 3.8) is 0 Å². The smallest absolute Gasteiger partial charge is 0.258 e. The molecule has 1 amide bonds. The number of rotatable bonds is 6. The summed E-state index contributed by atoms with van der Waals surface area (Å²) in [7, 11) is 1.62. The van der Waals surface area contributed by atoms with Crippen molar-refractivity contribution in [2.45, 2.75) is 6.54 Å². The second kappa shape index (κ2) is 7.51. The molecule has 0 aliphatic carbocycles. The number of para-hydroxylation sites is 1. The Bertz CT molecular complexity index is 840. The third-order valence-electron chi connectivity index (χ3n) is 3.78. The first-order valence-electron chi connectivity index (χ1n) is 7.77. The maximum atomic E-state index is 12.0. The van der Waals surface area contributed by atoms with E-state index in [-0.39, 0.29) is 12.5 Å². The summed E-state index contributed by atoms with van der Waals surface area (Å²) in [4.78, 5) is 12.0. The molecule has 4 heteroatoms. The number of fused-ring (bicyclic) bond motifs is 1. The lowest BCUT2D eigenvalue weighted by Crippen LogP contribution is -2.28. The second-order valence-electron chi connectivity index (χ2n) is 5.35. The van der Waals surface area contributed by atoms with Crippen molar-refractivity contribution in [3.05, 3.63) is 72.3 Å². The van der Waals surface area contributed by atoms with E-state index in [1.165, 1.54) is 0 Å². The van der Waals surface area contributed by atoms with E-state index in [1.807, 2.05) is 66.7 Å². The number of hydrogen-bond acceptors (Lipinski definition) is 3. The lowest BCUT2D eigenvalue weighted by molar-refractivity contribution is -0.123. The molecule has 3 rings (SSSR count). The van der Waals surface area contributed by atoms with Gasteiger partial charge in [-0.3, -0.25) is 4.79 Å². The van der Waals surface area contributed by atoms with Gasteiger partial charge in [0.25, 0.3) is 5.91 Å². The van der Waals surface area contributed by atoms with Gasteiger partial charge in [0.15, 0.2) is 6.61 Å². The number of carbonyl (C=O) groups excluding carboxylic acids is 1. The Morgan fingerprint density at radius 2 is 1.62 bits per heavy atom. The van der Waals surface area contributed by atoms with Gasteiger partial charge in [0.1, 0.15) is 11.5 Å². The van der Waals surface area contributed by atoms with Crippen molar-refractivity contribution < 1.29 is 14.3 Å². The molecule has 0 radical (unpaired) electrons. The van der Waals surface area contributed by atoms with Crippen molar-refractivity contribution in [2.75, 3.05) is 13.7 Å². The zero-order valence-electron chi connectivity index (χ0n) is 13.5. The average molecular weight is 321 g/mol. The van der Waals surface area contributed by atoms with E-state index in [4.69, 9.17) is 9.47 Å². The molecule has 0 atom stereocenters. The molecule has 1 N–H and O–H groups in total. The van der Waals surface area contributed by atoms with Gasteiger partial charge in [-0.25, -0.2) is 0 Å². The molecule has 0 aliphatic rings. The van der Waals surface area contributed by atoms with E-state index < -0.39 is 0 Å². The van der Waals surface area contributed by atoms with Crippen LogP contribution in [-0.4, -0.2) is 19.6 Å². The predicted molar refractivity (Wildman–Crippen MR) is 94.3 cm³/mol. The zero-order valence-corrected chi connectivity index (χ0v) is 13.5. The van der Waals surface area contributed by atoms with Crippen LogP contribution < -0.4 is 14.8 Å². The first-order chi connectivity index (χ1) is 11.8. The summed E-state index contributed by atoms with van der Waals surface area (Å²) in [6, 6.07) is 21.3. The molecule has 24 heavy (non-hydrogen) atoms. The lowest BCUT2D eigenvalue weighted by Gasteiger charge is -2.11. The van der Waals surface area contributed by atoms with Crippen LogP contribution in [-0.2, 0) is 11.3 Å². The molecule has 0 aromatic heterocycles. The molecule has 0 heterocycles. The van der Waals surface area contributed by atoms with Crippen molar-refractivity contribution in [3.8, 4) is 11.5 Å². The molecule has 0 aliphatic heterocycles. The fourth-order valence-electron chi connectivity index (χ4n) is 2.56. The predicted octanol–water partition coefficient (Wildman–Crippen LogP) is 3.54. The van der Waals surface area contributed by atoms with Gasteiger partial charge < -0.3 is 14.8 Å². The quantitative estimate of drug-likeness (QED) is 0.755. The Balaban J connectivity index is 1.59. The minimum atomic E-state index is -0.172. The van der Waals surface area contributed by atoms with Crippen molar-refractivity contribution >= 4 is 16.7 Å². The third-order valence-corrected chi connectivity index (χ3v) is 3.78. The van der Waals surface area contributed by atoms with Crippen molar-refractivity contribution in [1.82, 2.24) is 5.32 Å². The summed E-state index contributed by atoms with van der Waals surface area (Å²) >= 11 is 0. The fraction of sp³-hybridized carbons (Fsp3) is 0.150. The van der Waals surface area contributed by atoms with E-state index in [2.05, 4.69) is 5.32 Å². The van der Waals surface area contributed by atoms with Crippen LogP contribution in [0.25, 0.3) is 10.8 Å². The summed E-state index contributed by atoms with van der Waals surface area (Å²) in [5.41, 5.74) is 0.929. The van der Waals surface area contributed by atoms with Crippen LogP contribution in [0.15, 0.2) is 66.7 Å². The molecule has 0 saturated heterocycles. The van der Waals surface area contributed by atoms with Crippen molar-refractivity contribution in [2.24, 2.45) is 0 Å². The number of benzene rings is 3. The number of methoxy groups -OCH3 is 1. The van der Waals surface area contributed by atoms with Crippen LogP contribution in [0.3, 0.4) is 0 Å². The first kappa shape index (κ1) is 15.9. The van der Waals surface area contributed by atoms with Gasteiger partial charge >= 0.3 is 0 Å². The van der Waals surface area contributed by atoms with Gasteiger partial charge in [-0.2, -0.15) is 0 Å². The largest absolute Gasteiger partial charge is 0.496 e. The van der Waals surface area contributed by atoms with Gasteiger partial charge in [-0.1, -0.05) is 54.6 Å². The molecule has 3 aromatic carbocycles. The summed E-state index contributed by atoms with van der Waals surface area (Å²) in [6.07, 6.45) is 0. The Hall–Kier alpha value is -3.01. The highest BCUT2D eigenvalue weighted by Gasteiger charge is 2.07. The Morgan fingerprint density at radius 1 is 0.917 bits per heavy atom. The lowest BCUT2D eigenvalue weighted by atomic mass is 10.1. The SMILES string of the molecule is COc1ccccc1CNC(=O)COc1cccc2ccccc12. The normalized spacial score (nSPS) is 10.4. The summed E-state index contributed by atoms with van der Waals surface area (Å²) < 4.78 is 11.0. The number of hydrogen-bond donors (Lipinski definition) is 1. The molecule has 0 spiro atoms. The van der Waals surface area contributed by atoms with Crippen molar-refractivity contribution in [1.29, 1.82) is 0 Å². The van der Waals surface area contributed by atoms with E-state index >= 15 is 0 Å². The molecule has 4 nitrogen and oxygen atoms in total. The van der Waals surface area contributed by atoms with Gasteiger partial charge in [0.2, 0.25) is 0 Å². The number of carbonyl (C=O) groups is 1. The average Bonchev–Trinajstić information content (AvgIpc) is 2.64. The minimum Gasteiger partial charge on any atom is -0.496 e. The van der Waals surface area contributed by atoms with Gasteiger partial charge in [-0.15, -0.1) is 0 Å². The van der Waals surface area contributed by atoms with E-state index in [0.29, 0.717) is 12.3 Å². The maximum Gasteiger partial charge on any atom is 0.258 e. The summed E-state index contributed by atoms with van der Waals surface area (Å²) in [5.74, 6) is 1.29. The van der Waals surface area contributed by atoms with Crippen LogP contribution >= 0.6 is 0 Å². The van der Waals surface area contributed by atoms with Gasteiger partial charge in [-0.05, 0) is 17.5 Å². The maximum absolute atomic E-state index is 12.0. The Kier molecular flexibility index (Phi) is 4.96. The Morgan fingerprint density at radius 3 is 2.50 bits per heavy atom. The Labute approximate surface area is 141 Å². The van der Waals surface area contributed by atoms with Crippen LogP contribution in [0, 0.1) is 0 Å². The molecule has 3 aromatic rings. The molecule has 122 valence electrons. The van der Waals surface area contributed by atoms with E-state index in [9.17, 15) is 4.79 Å². The second-order valence-corrected chi connectivity index (χ2v) is 5.35. The van der Waals surface area contributed by atoms with E-state index in [1.54, 1.807) is 7.11 Å². The zero-order chi connectivity index (χ0) is 16.8. The number of amides is 1. The summed E-state index contributed by atoms with van der Waals surface area (Å²) in [6.45, 7) is 0.380. The standard InChI is InChI=1S/C20H19NO3/c1-23-18-11-5-3-8-16(18)13-21-20(22)14-24-19-12-6-9-15-7-2-4-10-17(15)19/h2-12H,13-14H2,1H3,(H,21,22). The topological polar surface area (TPSA) is 47.6 Å². The summed E-state index contributed by atoms with van der Waals surface area (Å²) in [5, 5.41) is 4.93. The third kappa shape index (κ3) is 3.66. The molecular weight excluding hydrogens is 302 g/mol. The van der Waals surface area contributed by atoms with Crippen LogP contribution in [0.4, 0.5) is 0 Å². The highest BCUT2D eigenvalue weighted by atomic mass is 16.5. The molecule has 0 fully saturated rings. The molecule has 0 unspecified atom stereocenters. The number of ether oxygens (including phenoxy) is 2. The number of nitrogens with one attached hydrogen (secondary N) is 1. The van der Waals surface area contributed by atoms with Gasteiger partial charge in [0, 0.05) is 17.5 Å². The highest BCUT2D eigenvalue weighted by Crippen LogP contribution is 2.25. The van der Waals surface area contributed by atoms with Crippen LogP contribution in [0.1, 0.15) is 5.56 Å². The monoisotopic (exact) mass is 321 g/mol. The molecule has 0 saturated carbocycles. The first-order valence-corrected chi connectivity index (χ1v) is 7.77.